The lowest BCUT2D eigenvalue weighted by Crippen LogP contribution is -2.35. The van der Waals surface area contributed by atoms with Gasteiger partial charge in [0.1, 0.15) is 0 Å². The fraction of sp³-hybridized carbons (Fsp3) is 0.346. The van der Waals surface area contributed by atoms with Crippen LogP contribution in [0.15, 0.2) is 65.6 Å². The van der Waals surface area contributed by atoms with Gasteiger partial charge in [0.25, 0.3) is 15.9 Å². The highest BCUT2D eigenvalue weighted by molar-refractivity contribution is 7.92. The Bertz CT molecular complexity index is 1280. The van der Waals surface area contributed by atoms with Crippen molar-refractivity contribution in [2.24, 2.45) is 0 Å². The Balaban J connectivity index is 1.51. The summed E-state index contributed by atoms with van der Waals surface area (Å²) >= 11 is 6.31. The largest absolute Gasteiger partial charge is 0.337 e. The van der Waals surface area contributed by atoms with Crippen LogP contribution >= 0.6 is 11.6 Å². The number of unbranched alkanes of at least 4 members (excludes halogenated alkanes) is 1. The Hall–Kier alpha value is -2.61. The number of rotatable bonds is 7. The van der Waals surface area contributed by atoms with Gasteiger partial charge in [0.05, 0.1) is 15.6 Å². The van der Waals surface area contributed by atoms with E-state index in [4.69, 9.17) is 11.6 Å². The Morgan fingerprint density at radius 3 is 2.56 bits per heavy atom. The Morgan fingerprint density at radius 1 is 0.971 bits per heavy atom. The molecule has 0 saturated carbocycles. The molecule has 0 radical (unpaired) electrons. The van der Waals surface area contributed by atoms with Crippen molar-refractivity contribution in [3.63, 3.8) is 0 Å². The van der Waals surface area contributed by atoms with E-state index in [2.05, 4.69) is 16.5 Å². The van der Waals surface area contributed by atoms with Crippen LogP contribution in [-0.4, -0.2) is 56.8 Å². The number of hydrogen-bond donors (Lipinski definition) is 1. The lowest BCUT2D eigenvalue weighted by Gasteiger charge is -2.22. The second-order valence-electron chi connectivity index (χ2n) is 8.65. The predicted octanol–water partition coefficient (Wildman–Crippen LogP) is 5.24. The molecule has 1 saturated heterocycles. The summed E-state index contributed by atoms with van der Waals surface area (Å²) in [6.07, 6.45) is 3.23. The van der Waals surface area contributed by atoms with Crippen molar-refractivity contribution in [3.8, 4) is 0 Å². The summed E-state index contributed by atoms with van der Waals surface area (Å²) in [6.45, 7) is 6.41. The SMILES string of the molecule is CCCCN1CCCN(C(=O)c2ccc(Cl)c(NS(=O)(=O)c3ccc4ccccc4c3)c2)CC1. The standard InChI is InChI=1S/C26H30ClN3O3S/c1-2-3-13-29-14-6-15-30(17-16-29)26(31)22-10-12-24(27)25(19-22)28-34(32,33)23-11-9-20-7-4-5-8-21(20)18-23/h4-5,7-12,18-19,28H,2-3,6,13-17H2,1H3. The molecule has 3 aromatic rings. The summed E-state index contributed by atoms with van der Waals surface area (Å²) in [7, 11) is -3.88. The normalized spacial score (nSPS) is 15.3. The van der Waals surface area contributed by atoms with Crippen molar-refractivity contribution < 1.29 is 13.2 Å². The summed E-state index contributed by atoms with van der Waals surface area (Å²) in [5, 5.41) is 2.02. The van der Waals surface area contributed by atoms with Gasteiger partial charge in [-0.1, -0.05) is 55.3 Å². The molecule has 0 bridgehead atoms. The van der Waals surface area contributed by atoms with E-state index >= 15 is 0 Å². The summed E-state index contributed by atoms with van der Waals surface area (Å²) in [5.74, 6) is -0.111. The number of nitrogens with one attached hydrogen (secondary N) is 1. The summed E-state index contributed by atoms with van der Waals surface area (Å²) in [4.78, 5) is 17.6. The molecule has 0 aromatic heterocycles. The Morgan fingerprint density at radius 2 is 1.76 bits per heavy atom. The third kappa shape index (κ3) is 5.71. The molecular formula is C26H30ClN3O3S. The highest BCUT2D eigenvalue weighted by atomic mass is 35.5. The first-order valence-corrected chi connectivity index (χ1v) is 13.6. The van der Waals surface area contributed by atoms with E-state index in [1.807, 2.05) is 29.2 Å². The predicted molar refractivity (Wildman–Crippen MR) is 138 cm³/mol. The molecule has 1 N–H and O–H groups in total. The third-order valence-electron chi connectivity index (χ3n) is 6.19. The molecule has 180 valence electrons. The molecule has 1 aliphatic rings. The minimum absolute atomic E-state index is 0.111. The number of amides is 1. The fourth-order valence-corrected chi connectivity index (χ4v) is 5.56. The van der Waals surface area contributed by atoms with Gasteiger partial charge in [0.15, 0.2) is 0 Å². The number of hydrogen-bond acceptors (Lipinski definition) is 4. The molecule has 1 amide bonds. The smallest absolute Gasteiger partial charge is 0.261 e. The second-order valence-corrected chi connectivity index (χ2v) is 10.7. The van der Waals surface area contributed by atoms with E-state index in [0.717, 1.165) is 49.7 Å². The van der Waals surface area contributed by atoms with Crippen molar-refractivity contribution in [2.45, 2.75) is 31.1 Å². The van der Waals surface area contributed by atoms with Crippen LogP contribution in [0, 0.1) is 0 Å². The van der Waals surface area contributed by atoms with Gasteiger partial charge in [-0.2, -0.15) is 0 Å². The Kier molecular flexibility index (Phi) is 7.76. The summed E-state index contributed by atoms with van der Waals surface area (Å²) in [6, 6.07) is 17.3. The van der Waals surface area contributed by atoms with Crippen LogP contribution in [0.25, 0.3) is 10.8 Å². The number of nitrogens with zero attached hydrogens (tertiary/aromatic N) is 2. The van der Waals surface area contributed by atoms with Gasteiger partial charge in [0.2, 0.25) is 0 Å². The van der Waals surface area contributed by atoms with Crippen LogP contribution in [0.2, 0.25) is 5.02 Å². The van der Waals surface area contributed by atoms with Gasteiger partial charge in [-0.25, -0.2) is 8.42 Å². The topological polar surface area (TPSA) is 69.7 Å². The average molecular weight is 500 g/mol. The zero-order chi connectivity index (χ0) is 24.1. The first kappa shape index (κ1) is 24.5. The van der Waals surface area contributed by atoms with Crippen molar-refractivity contribution in [1.82, 2.24) is 9.80 Å². The van der Waals surface area contributed by atoms with Gasteiger partial charge in [-0.3, -0.25) is 9.52 Å². The molecule has 1 heterocycles. The van der Waals surface area contributed by atoms with Gasteiger partial charge in [-0.05, 0) is 67.0 Å². The van der Waals surface area contributed by atoms with Crippen molar-refractivity contribution in [1.29, 1.82) is 0 Å². The zero-order valence-electron chi connectivity index (χ0n) is 19.3. The van der Waals surface area contributed by atoms with Crippen LogP contribution in [0.5, 0.6) is 0 Å². The maximum atomic E-state index is 13.2. The summed E-state index contributed by atoms with van der Waals surface area (Å²) in [5.41, 5.74) is 0.614. The lowest BCUT2D eigenvalue weighted by atomic mass is 10.1. The quantitative estimate of drug-likeness (QED) is 0.482. The van der Waals surface area contributed by atoms with Crippen molar-refractivity contribution >= 4 is 44.0 Å². The average Bonchev–Trinajstić information content (AvgIpc) is 3.09. The molecule has 3 aromatic carbocycles. The first-order chi connectivity index (χ1) is 16.4. The van der Waals surface area contributed by atoms with Crippen LogP contribution < -0.4 is 4.72 Å². The van der Waals surface area contributed by atoms with Crippen molar-refractivity contribution in [3.05, 3.63) is 71.2 Å². The molecule has 6 nitrogen and oxygen atoms in total. The maximum Gasteiger partial charge on any atom is 0.261 e. The molecule has 0 aliphatic carbocycles. The maximum absolute atomic E-state index is 13.2. The van der Waals surface area contributed by atoms with E-state index in [-0.39, 0.29) is 21.5 Å². The van der Waals surface area contributed by atoms with Gasteiger partial charge < -0.3 is 9.80 Å². The molecule has 0 unspecified atom stereocenters. The van der Waals surface area contributed by atoms with Crippen LogP contribution in [0.3, 0.4) is 0 Å². The Labute approximate surface area is 206 Å². The minimum atomic E-state index is -3.88. The molecule has 0 spiro atoms. The first-order valence-electron chi connectivity index (χ1n) is 11.7. The number of carbonyl (C=O) groups excluding carboxylic acids is 1. The molecule has 4 rings (SSSR count). The molecular weight excluding hydrogens is 470 g/mol. The number of benzene rings is 3. The third-order valence-corrected chi connectivity index (χ3v) is 7.89. The molecule has 1 fully saturated rings. The highest BCUT2D eigenvalue weighted by Crippen LogP contribution is 2.28. The number of halogens is 1. The highest BCUT2D eigenvalue weighted by Gasteiger charge is 2.22. The monoisotopic (exact) mass is 499 g/mol. The van der Waals surface area contributed by atoms with Crippen LogP contribution in [-0.2, 0) is 10.0 Å². The summed E-state index contributed by atoms with van der Waals surface area (Å²) < 4.78 is 28.7. The second kappa shape index (κ2) is 10.8. The number of fused-ring (bicyclic) bond motifs is 1. The number of anilines is 1. The molecule has 0 atom stereocenters. The minimum Gasteiger partial charge on any atom is -0.337 e. The van der Waals surface area contributed by atoms with E-state index in [1.54, 1.807) is 30.3 Å². The van der Waals surface area contributed by atoms with Gasteiger partial charge >= 0.3 is 0 Å². The molecule has 1 aliphatic heterocycles. The number of carbonyl (C=O) groups is 1. The fourth-order valence-electron chi connectivity index (χ4n) is 4.24. The van der Waals surface area contributed by atoms with Crippen LogP contribution in [0.1, 0.15) is 36.5 Å². The van der Waals surface area contributed by atoms with Crippen molar-refractivity contribution in [2.75, 3.05) is 37.4 Å². The van der Waals surface area contributed by atoms with E-state index < -0.39 is 10.0 Å². The van der Waals surface area contributed by atoms with E-state index in [1.165, 1.54) is 6.07 Å². The molecule has 34 heavy (non-hydrogen) atoms. The molecule has 8 heteroatoms. The zero-order valence-corrected chi connectivity index (χ0v) is 20.9. The van der Waals surface area contributed by atoms with E-state index in [9.17, 15) is 13.2 Å². The van der Waals surface area contributed by atoms with Crippen LogP contribution in [0.4, 0.5) is 5.69 Å². The number of sulfonamides is 1. The van der Waals surface area contributed by atoms with Gasteiger partial charge in [-0.15, -0.1) is 0 Å². The van der Waals surface area contributed by atoms with Gasteiger partial charge in [0, 0.05) is 25.2 Å². The lowest BCUT2D eigenvalue weighted by molar-refractivity contribution is 0.0761. The van der Waals surface area contributed by atoms with E-state index in [0.29, 0.717) is 18.7 Å².